The quantitative estimate of drug-likeness (QED) is 0.406. The third-order valence-corrected chi connectivity index (χ3v) is 0.368. The van der Waals surface area contributed by atoms with E-state index in [2.05, 4.69) is 11.3 Å². The molecule has 0 saturated heterocycles. The van der Waals surface area contributed by atoms with E-state index in [1.807, 2.05) is 0 Å². The van der Waals surface area contributed by atoms with Gasteiger partial charge in [0.25, 0.3) is 0 Å². The molecule has 10 heavy (non-hydrogen) atoms. The molecule has 0 amide bonds. The minimum Gasteiger partial charge on any atom is -0.466 e. The van der Waals surface area contributed by atoms with Gasteiger partial charge in [0.1, 0.15) is 5.78 Å². The van der Waals surface area contributed by atoms with Gasteiger partial charge in [-0.15, -0.1) is 0 Å². The van der Waals surface area contributed by atoms with Crippen LogP contribution in [0.1, 0.15) is 13.8 Å². The van der Waals surface area contributed by atoms with Crippen molar-refractivity contribution in [3.8, 4) is 0 Å². The third kappa shape index (κ3) is 28.7. The van der Waals surface area contributed by atoms with Crippen LogP contribution in [0.2, 0.25) is 0 Å². The first-order chi connectivity index (χ1) is 4.54. The Hall–Kier alpha value is -1.12. The van der Waals surface area contributed by atoms with Crippen LogP contribution in [0.25, 0.3) is 0 Å². The summed E-state index contributed by atoms with van der Waals surface area (Å²) >= 11 is 0. The Bertz CT molecular complexity index is 123. The number of rotatable bonds is 1. The van der Waals surface area contributed by atoms with Crippen molar-refractivity contribution in [2.75, 3.05) is 7.11 Å². The average molecular weight is 144 g/mol. The number of methoxy groups -OCH3 is 1. The normalized spacial score (nSPS) is 6.70. The topological polar surface area (TPSA) is 43.4 Å². The third-order valence-electron chi connectivity index (χ3n) is 0.368. The van der Waals surface area contributed by atoms with Crippen molar-refractivity contribution in [1.82, 2.24) is 0 Å². The molecule has 0 bridgehead atoms. The number of hydrogen-bond donors (Lipinski definition) is 0. The fourth-order valence-electron chi connectivity index (χ4n) is 0.0833. The van der Waals surface area contributed by atoms with Gasteiger partial charge in [-0.05, 0) is 13.8 Å². The summed E-state index contributed by atoms with van der Waals surface area (Å²) < 4.78 is 4.14. The van der Waals surface area contributed by atoms with Gasteiger partial charge in [-0.25, -0.2) is 4.79 Å². The van der Waals surface area contributed by atoms with Crippen LogP contribution < -0.4 is 0 Å². The minimum absolute atomic E-state index is 0.167. The van der Waals surface area contributed by atoms with E-state index in [4.69, 9.17) is 0 Å². The number of ketones is 1. The summed E-state index contributed by atoms with van der Waals surface area (Å²) in [4.78, 5) is 19.3. The van der Waals surface area contributed by atoms with Crippen LogP contribution in [0, 0.1) is 0 Å². The Balaban J connectivity index is 0. The molecule has 0 aromatic heterocycles. The van der Waals surface area contributed by atoms with Crippen molar-refractivity contribution in [2.24, 2.45) is 0 Å². The minimum atomic E-state index is -0.394. The van der Waals surface area contributed by atoms with Gasteiger partial charge >= 0.3 is 5.97 Å². The largest absolute Gasteiger partial charge is 0.466 e. The Morgan fingerprint density at radius 1 is 1.40 bits per heavy atom. The van der Waals surface area contributed by atoms with Crippen LogP contribution in [-0.2, 0) is 14.3 Å². The standard InChI is InChI=1S/C4H6O2.C3H6O/c1-3-4(5)6-2;1-3(2)4/h3H,1H2,2H3;1-2H3. The number of Topliss-reactive ketones (excluding diaryl/α,β-unsaturated/α-hetero) is 1. The summed E-state index contributed by atoms with van der Waals surface area (Å²) in [6, 6.07) is 0. The van der Waals surface area contributed by atoms with Gasteiger partial charge in [0.2, 0.25) is 0 Å². The molecular formula is C7H12O3. The SMILES string of the molecule is C=CC(=O)OC.CC(C)=O. The van der Waals surface area contributed by atoms with Crippen LogP contribution >= 0.6 is 0 Å². The monoisotopic (exact) mass is 144 g/mol. The lowest BCUT2D eigenvalue weighted by molar-refractivity contribution is -0.134. The highest BCUT2D eigenvalue weighted by molar-refractivity contribution is 5.80. The molecule has 58 valence electrons. The molecule has 3 nitrogen and oxygen atoms in total. The smallest absolute Gasteiger partial charge is 0.329 e. The fraction of sp³-hybridized carbons (Fsp3) is 0.429. The fourth-order valence-corrected chi connectivity index (χ4v) is 0.0833. The number of carbonyl (C=O) groups is 2. The molecule has 0 heterocycles. The van der Waals surface area contributed by atoms with Crippen molar-refractivity contribution in [3.05, 3.63) is 12.7 Å². The summed E-state index contributed by atoms with van der Waals surface area (Å²) in [7, 11) is 1.31. The lowest BCUT2D eigenvalue weighted by Gasteiger charge is -1.83. The molecular weight excluding hydrogens is 132 g/mol. The maximum atomic E-state index is 9.84. The summed E-state index contributed by atoms with van der Waals surface area (Å²) in [5.74, 6) is -0.227. The zero-order valence-corrected chi connectivity index (χ0v) is 6.51. The molecule has 0 atom stereocenters. The van der Waals surface area contributed by atoms with Gasteiger partial charge in [-0.3, -0.25) is 0 Å². The van der Waals surface area contributed by atoms with E-state index < -0.39 is 5.97 Å². The van der Waals surface area contributed by atoms with E-state index >= 15 is 0 Å². The van der Waals surface area contributed by atoms with E-state index in [1.54, 1.807) is 0 Å². The molecule has 0 spiro atoms. The first-order valence-corrected chi connectivity index (χ1v) is 2.72. The van der Waals surface area contributed by atoms with E-state index in [0.717, 1.165) is 6.08 Å². The highest BCUT2D eigenvalue weighted by Crippen LogP contribution is 1.67. The van der Waals surface area contributed by atoms with Gasteiger partial charge in [0.05, 0.1) is 7.11 Å². The summed E-state index contributed by atoms with van der Waals surface area (Å²) in [5.41, 5.74) is 0. The summed E-state index contributed by atoms with van der Waals surface area (Å²) in [5, 5.41) is 0. The van der Waals surface area contributed by atoms with Crippen LogP contribution in [0.4, 0.5) is 0 Å². The molecule has 0 aliphatic rings. The second-order valence-corrected chi connectivity index (χ2v) is 1.64. The molecule has 0 saturated carbocycles. The molecule has 0 fully saturated rings. The first kappa shape index (κ1) is 11.6. The molecule has 0 aromatic carbocycles. The van der Waals surface area contributed by atoms with E-state index in [9.17, 15) is 9.59 Å². The van der Waals surface area contributed by atoms with Crippen molar-refractivity contribution in [3.63, 3.8) is 0 Å². The van der Waals surface area contributed by atoms with Gasteiger partial charge in [-0.1, -0.05) is 6.58 Å². The second-order valence-electron chi connectivity index (χ2n) is 1.64. The number of ether oxygens (including phenoxy) is 1. The van der Waals surface area contributed by atoms with Crippen LogP contribution in [0.15, 0.2) is 12.7 Å². The van der Waals surface area contributed by atoms with Crippen LogP contribution in [-0.4, -0.2) is 18.9 Å². The average Bonchev–Trinajstić information content (AvgIpc) is 1.85. The predicted octanol–water partition coefficient (Wildman–Crippen LogP) is 0.941. The van der Waals surface area contributed by atoms with E-state index in [0.29, 0.717) is 0 Å². The van der Waals surface area contributed by atoms with Crippen LogP contribution in [0.5, 0.6) is 0 Å². The second kappa shape index (κ2) is 7.88. The lowest BCUT2D eigenvalue weighted by atomic mass is 10.6. The molecule has 0 N–H and O–H groups in total. The highest BCUT2D eigenvalue weighted by Gasteiger charge is 1.81. The number of esters is 1. The number of hydrogen-bond acceptors (Lipinski definition) is 3. The Morgan fingerprint density at radius 2 is 1.70 bits per heavy atom. The highest BCUT2D eigenvalue weighted by atomic mass is 16.5. The molecule has 0 aromatic rings. The molecule has 3 heteroatoms. The van der Waals surface area contributed by atoms with Crippen LogP contribution in [0.3, 0.4) is 0 Å². The molecule has 0 rings (SSSR count). The Labute approximate surface area is 60.7 Å². The van der Waals surface area contributed by atoms with Crippen molar-refractivity contribution in [1.29, 1.82) is 0 Å². The maximum Gasteiger partial charge on any atom is 0.329 e. The lowest BCUT2D eigenvalue weighted by Crippen LogP contribution is -1.91. The van der Waals surface area contributed by atoms with Crippen molar-refractivity contribution >= 4 is 11.8 Å². The zero-order chi connectivity index (χ0) is 8.57. The molecule has 0 aliphatic heterocycles. The van der Waals surface area contributed by atoms with Gasteiger partial charge in [-0.2, -0.15) is 0 Å². The predicted molar refractivity (Wildman–Crippen MR) is 38.6 cm³/mol. The first-order valence-electron chi connectivity index (χ1n) is 2.72. The number of carbonyl (C=O) groups excluding carboxylic acids is 2. The van der Waals surface area contributed by atoms with Gasteiger partial charge in [0.15, 0.2) is 0 Å². The van der Waals surface area contributed by atoms with Gasteiger partial charge in [0, 0.05) is 6.08 Å². The summed E-state index contributed by atoms with van der Waals surface area (Å²) in [6.45, 7) is 6.21. The van der Waals surface area contributed by atoms with Crippen molar-refractivity contribution in [2.45, 2.75) is 13.8 Å². The Morgan fingerprint density at radius 3 is 1.70 bits per heavy atom. The van der Waals surface area contributed by atoms with Gasteiger partial charge < -0.3 is 9.53 Å². The Kier molecular flexibility index (Phi) is 9.18. The molecule has 0 unspecified atom stereocenters. The zero-order valence-electron chi connectivity index (χ0n) is 6.51. The van der Waals surface area contributed by atoms with E-state index in [1.165, 1.54) is 21.0 Å². The maximum absolute atomic E-state index is 9.84. The van der Waals surface area contributed by atoms with Crippen molar-refractivity contribution < 1.29 is 14.3 Å². The molecule has 0 aliphatic carbocycles. The van der Waals surface area contributed by atoms with E-state index in [-0.39, 0.29) is 5.78 Å². The molecule has 0 radical (unpaired) electrons. The summed E-state index contributed by atoms with van der Waals surface area (Å²) in [6.07, 6.45) is 1.11.